The highest BCUT2D eigenvalue weighted by atomic mass is 16.5. The standard InChI is InChI=1S/C21H31N3O4/c1-15(12-20(25)22-17-8-6-4-5-7-9-17)23-24-21(26)14-16-10-11-18(27-2)19(13-16)28-3/h10-11,13,17H,4-9,12,14H2,1-3H3,(H,22,25)(H,24,26). The molecule has 1 aromatic rings. The topological polar surface area (TPSA) is 89.0 Å². The Bertz CT molecular complexity index is 695. The number of carbonyl (C=O) groups excluding carboxylic acids is 2. The Morgan fingerprint density at radius 1 is 1.04 bits per heavy atom. The van der Waals surface area contributed by atoms with Gasteiger partial charge in [-0.15, -0.1) is 0 Å². The molecule has 28 heavy (non-hydrogen) atoms. The predicted octanol–water partition coefficient (Wildman–Crippen LogP) is 2.97. The minimum absolute atomic E-state index is 0.0395. The molecular formula is C21H31N3O4. The van der Waals surface area contributed by atoms with Crippen molar-refractivity contribution in [3.05, 3.63) is 23.8 Å². The number of methoxy groups -OCH3 is 2. The molecule has 1 aliphatic carbocycles. The van der Waals surface area contributed by atoms with Gasteiger partial charge < -0.3 is 14.8 Å². The van der Waals surface area contributed by atoms with Gasteiger partial charge in [0, 0.05) is 11.8 Å². The Morgan fingerprint density at radius 2 is 1.71 bits per heavy atom. The minimum Gasteiger partial charge on any atom is -0.493 e. The second kappa shape index (κ2) is 11.3. The molecule has 0 unspecified atom stereocenters. The molecule has 2 rings (SSSR count). The van der Waals surface area contributed by atoms with Gasteiger partial charge in [-0.1, -0.05) is 31.7 Å². The second-order valence-electron chi connectivity index (χ2n) is 7.18. The molecule has 2 amide bonds. The van der Waals surface area contributed by atoms with E-state index in [2.05, 4.69) is 15.8 Å². The van der Waals surface area contributed by atoms with E-state index in [1.807, 2.05) is 0 Å². The highest BCUT2D eigenvalue weighted by Crippen LogP contribution is 2.27. The van der Waals surface area contributed by atoms with E-state index >= 15 is 0 Å². The molecule has 7 heteroatoms. The number of carbonyl (C=O) groups is 2. The van der Waals surface area contributed by atoms with Crippen LogP contribution in [0.25, 0.3) is 0 Å². The zero-order chi connectivity index (χ0) is 20.4. The molecule has 7 nitrogen and oxygen atoms in total. The van der Waals surface area contributed by atoms with Crippen molar-refractivity contribution in [1.82, 2.24) is 10.7 Å². The van der Waals surface area contributed by atoms with E-state index in [9.17, 15) is 9.59 Å². The molecule has 0 aromatic heterocycles. The Balaban J connectivity index is 1.79. The van der Waals surface area contributed by atoms with Crippen molar-refractivity contribution in [1.29, 1.82) is 0 Å². The summed E-state index contributed by atoms with van der Waals surface area (Å²) in [6.45, 7) is 1.74. The number of hydrazone groups is 1. The van der Waals surface area contributed by atoms with E-state index in [4.69, 9.17) is 9.47 Å². The van der Waals surface area contributed by atoms with E-state index in [0.29, 0.717) is 17.2 Å². The van der Waals surface area contributed by atoms with E-state index < -0.39 is 0 Å². The van der Waals surface area contributed by atoms with E-state index in [0.717, 1.165) is 18.4 Å². The number of ether oxygens (including phenoxy) is 2. The molecule has 2 N–H and O–H groups in total. The second-order valence-corrected chi connectivity index (χ2v) is 7.18. The average molecular weight is 389 g/mol. The molecule has 0 saturated heterocycles. The number of nitrogens with one attached hydrogen (secondary N) is 2. The number of benzene rings is 1. The summed E-state index contributed by atoms with van der Waals surface area (Å²) in [7, 11) is 3.11. The number of hydrogen-bond acceptors (Lipinski definition) is 5. The van der Waals surface area contributed by atoms with Crippen LogP contribution in [0.3, 0.4) is 0 Å². The van der Waals surface area contributed by atoms with Crippen LogP contribution in [0.15, 0.2) is 23.3 Å². The van der Waals surface area contributed by atoms with Gasteiger partial charge in [0.05, 0.1) is 27.1 Å². The van der Waals surface area contributed by atoms with E-state index in [-0.39, 0.29) is 30.7 Å². The van der Waals surface area contributed by atoms with Gasteiger partial charge in [0.1, 0.15) is 0 Å². The van der Waals surface area contributed by atoms with Crippen LogP contribution >= 0.6 is 0 Å². The SMILES string of the molecule is COc1ccc(CC(=O)NN=C(C)CC(=O)NC2CCCCCC2)cc1OC. The summed E-state index contributed by atoms with van der Waals surface area (Å²) in [5.74, 6) is 0.890. The molecule has 0 aliphatic heterocycles. The summed E-state index contributed by atoms with van der Waals surface area (Å²) in [6.07, 6.45) is 7.28. The van der Waals surface area contributed by atoms with Crippen molar-refractivity contribution < 1.29 is 19.1 Å². The third kappa shape index (κ3) is 7.21. The van der Waals surface area contributed by atoms with Crippen LogP contribution in [0.1, 0.15) is 57.4 Å². The largest absolute Gasteiger partial charge is 0.493 e. The quantitative estimate of drug-likeness (QED) is 0.406. The average Bonchev–Trinajstić information content (AvgIpc) is 2.94. The molecule has 154 valence electrons. The molecule has 1 fully saturated rings. The van der Waals surface area contributed by atoms with E-state index in [1.165, 1.54) is 25.7 Å². The summed E-state index contributed by atoms with van der Waals surface area (Å²) in [6, 6.07) is 5.59. The van der Waals surface area contributed by atoms with E-state index in [1.54, 1.807) is 39.3 Å². The van der Waals surface area contributed by atoms with Crippen LogP contribution in [0, 0.1) is 0 Å². The summed E-state index contributed by atoms with van der Waals surface area (Å²) >= 11 is 0. The fraction of sp³-hybridized carbons (Fsp3) is 0.571. The molecule has 1 aliphatic rings. The first-order chi connectivity index (χ1) is 13.5. The van der Waals surface area contributed by atoms with Gasteiger partial charge in [0.25, 0.3) is 0 Å². The van der Waals surface area contributed by atoms with Crippen molar-refractivity contribution in [2.24, 2.45) is 5.10 Å². The molecule has 0 atom stereocenters. The van der Waals surface area contributed by atoms with Gasteiger partial charge in [-0.05, 0) is 37.5 Å². The van der Waals surface area contributed by atoms with Crippen LogP contribution in [0.5, 0.6) is 11.5 Å². The van der Waals surface area contributed by atoms with Crippen LogP contribution in [-0.2, 0) is 16.0 Å². The first-order valence-corrected chi connectivity index (χ1v) is 9.84. The Labute approximate surface area is 166 Å². The fourth-order valence-corrected chi connectivity index (χ4v) is 3.35. The number of rotatable bonds is 8. The lowest BCUT2D eigenvalue weighted by Crippen LogP contribution is -2.35. The van der Waals surface area contributed by atoms with Gasteiger partial charge in [-0.3, -0.25) is 9.59 Å². The molecular weight excluding hydrogens is 358 g/mol. The molecule has 0 radical (unpaired) electrons. The molecule has 0 bridgehead atoms. The Kier molecular flexibility index (Phi) is 8.78. The van der Waals surface area contributed by atoms with Crippen LogP contribution in [0.4, 0.5) is 0 Å². The zero-order valence-corrected chi connectivity index (χ0v) is 17.0. The van der Waals surface area contributed by atoms with Gasteiger partial charge in [-0.25, -0.2) is 5.43 Å². The number of amides is 2. The third-order valence-electron chi connectivity index (χ3n) is 4.82. The van der Waals surface area contributed by atoms with Crippen LogP contribution < -0.4 is 20.2 Å². The van der Waals surface area contributed by atoms with Gasteiger partial charge >= 0.3 is 0 Å². The molecule has 1 saturated carbocycles. The Hall–Kier alpha value is -2.57. The van der Waals surface area contributed by atoms with Crippen molar-refractivity contribution >= 4 is 17.5 Å². The van der Waals surface area contributed by atoms with Crippen LogP contribution in [0.2, 0.25) is 0 Å². The molecule has 1 aromatic carbocycles. The lowest BCUT2D eigenvalue weighted by atomic mass is 10.1. The van der Waals surface area contributed by atoms with Gasteiger partial charge in [0.2, 0.25) is 11.8 Å². The minimum atomic E-state index is -0.254. The van der Waals surface area contributed by atoms with Gasteiger partial charge in [-0.2, -0.15) is 5.10 Å². The maximum Gasteiger partial charge on any atom is 0.244 e. The number of hydrogen-bond donors (Lipinski definition) is 2. The molecule has 0 heterocycles. The van der Waals surface area contributed by atoms with Crippen LogP contribution in [-0.4, -0.2) is 37.8 Å². The van der Waals surface area contributed by atoms with Gasteiger partial charge in [0.15, 0.2) is 11.5 Å². The van der Waals surface area contributed by atoms with Crippen molar-refractivity contribution in [2.75, 3.05) is 14.2 Å². The summed E-state index contributed by atoms with van der Waals surface area (Å²) in [5, 5.41) is 7.13. The normalized spacial score (nSPS) is 15.5. The smallest absolute Gasteiger partial charge is 0.244 e. The highest BCUT2D eigenvalue weighted by Gasteiger charge is 2.15. The maximum absolute atomic E-state index is 12.2. The summed E-state index contributed by atoms with van der Waals surface area (Å²) in [4.78, 5) is 24.3. The van der Waals surface area contributed by atoms with Crippen molar-refractivity contribution in [3.63, 3.8) is 0 Å². The lowest BCUT2D eigenvalue weighted by molar-refractivity contribution is -0.121. The number of nitrogens with zero attached hydrogens (tertiary/aromatic N) is 1. The summed E-state index contributed by atoms with van der Waals surface area (Å²) in [5.41, 5.74) is 3.87. The lowest BCUT2D eigenvalue weighted by Gasteiger charge is -2.16. The Morgan fingerprint density at radius 3 is 2.36 bits per heavy atom. The molecule has 0 spiro atoms. The predicted molar refractivity (Wildman–Crippen MR) is 109 cm³/mol. The van der Waals surface area contributed by atoms with Crippen molar-refractivity contribution in [2.45, 2.75) is 64.3 Å². The third-order valence-corrected chi connectivity index (χ3v) is 4.82. The first-order valence-electron chi connectivity index (χ1n) is 9.84. The highest BCUT2D eigenvalue weighted by molar-refractivity contribution is 6.00. The monoisotopic (exact) mass is 389 g/mol. The zero-order valence-electron chi connectivity index (χ0n) is 17.0. The van der Waals surface area contributed by atoms with Crippen molar-refractivity contribution in [3.8, 4) is 11.5 Å². The fourth-order valence-electron chi connectivity index (χ4n) is 3.35. The first kappa shape index (κ1) is 21.7. The summed E-state index contributed by atoms with van der Waals surface area (Å²) < 4.78 is 10.4. The maximum atomic E-state index is 12.2.